The number of aryl methyl sites for hydroxylation is 2. The van der Waals surface area contributed by atoms with Gasteiger partial charge in [0, 0.05) is 23.2 Å². The van der Waals surface area contributed by atoms with E-state index in [9.17, 15) is 9.59 Å². The molecule has 0 atom stereocenters. The second kappa shape index (κ2) is 8.18. The van der Waals surface area contributed by atoms with E-state index >= 15 is 0 Å². The fourth-order valence-electron chi connectivity index (χ4n) is 2.64. The molecule has 0 unspecified atom stereocenters. The van der Waals surface area contributed by atoms with E-state index in [-0.39, 0.29) is 18.0 Å². The van der Waals surface area contributed by atoms with Crippen molar-refractivity contribution in [2.75, 3.05) is 0 Å². The van der Waals surface area contributed by atoms with Gasteiger partial charge < -0.3 is 5.32 Å². The number of halogens is 1. The Balaban J connectivity index is 1.74. The summed E-state index contributed by atoms with van der Waals surface area (Å²) in [7, 11) is 0. The Morgan fingerprint density at radius 2 is 1.85 bits per heavy atom. The molecule has 1 amide bonds. The van der Waals surface area contributed by atoms with Gasteiger partial charge in [0.15, 0.2) is 0 Å². The number of carbonyl (C=O) groups is 1. The lowest BCUT2D eigenvalue weighted by molar-refractivity contribution is -0.122. The molecule has 0 bridgehead atoms. The highest BCUT2D eigenvalue weighted by Crippen LogP contribution is 2.19. The monoisotopic (exact) mass is 381 g/mol. The van der Waals surface area contributed by atoms with Crippen LogP contribution in [0.4, 0.5) is 0 Å². The van der Waals surface area contributed by atoms with Crippen molar-refractivity contribution >= 4 is 17.5 Å². The third-order valence-corrected chi connectivity index (χ3v) is 4.77. The van der Waals surface area contributed by atoms with Crippen LogP contribution in [0.1, 0.15) is 16.7 Å². The predicted octanol–water partition coefficient (Wildman–Crippen LogP) is 3.50. The van der Waals surface area contributed by atoms with Crippen LogP contribution in [0, 0.1) is 13.8 Å². The Kier molecular flexibility index (Phi) is 5.72. The molecule has 0 saturated carbocycles. The summed E-state index contributed by atoms with van der Waals surface area (Å²) < 4.78 is 1.17. The number of benzene rings is 2. The van der Waals surface area contributed by atoms with Crippen molar-refractivity contribution in [3.8, 4) is 11.3 Å². The lowest BCUT2D eigenvalue weighted by Gasteiger charge is -2.10. The first kappa shape index (κ1) is 18.9. The zero-order valence-corrected chi connectivity index (χ0v) is 16.0. The van der Waals surface area contributed by atoms with Gasteiger partial charge in [-0.2, -0.15) is 5.10 Å². The van der Waals surface area contributed by atoms with Gasteiger partial charge in [0.1, 0.15) is 6.54 Å². The molecule has 3 aromatic rings. The minimum Gasteiger partial charge on any atom is -0.350 e. The average molecular weight is 382 g/mol. The number of hydrogen-bond acceptors (Lipinski definition) is 3. The summed E-state index contributed by atoms with van der Waals surface area (Å²) in [5.74, 6) is -0.304. The van der Waals surface area contributed by atoms with Crippen LogP contribution in [0.3, 0.4) is 0 Å². The summed E-state index contributed by atoms with van der Waals surface area (Å²) in [5.41, 5.74) is 4.38. The van der Waals surface area contributed by atoms with Crippen molar-refractivity contribution in [1.29, 1.82) is 0 Å². The van der Waals surface area contributed by atoms with E-state index in [0.717, 1.165) is 16.7 Å². The van der Waals surface area contributed by atoms with Crippen molar-refractivity contribution < 1.29 is 4.79 Å². The standard InChI is InChI=1S/C21H20ClN3O2/c1-14-7-8-16(11-15(14)2)19-9-10-21(27)25(24-19)13-20(26)23-12-17-5-3-4-6-18(17)22/h3-11H,12-13H2,1-2H3,(H,23,26). The summed E-state index contributed by atoms with van der Waals surface area (Å²) in [6.07, 6.45) is 0. The number of nitrogens with one attached hydrogen (secondary N) is 1. The van der Waals surface area contributed by atoms with E-state index in [4.69, 9.17) is 11.6 Å². The fourth-order valence-corrected chi connectivity index (χ4v) is 2.85. The molecule has 2 aromatic carbocycles. The third kappa shape index (κ3) is 4.63. The quantitative estimate of drug-likeness (QED) is 0.735. The van der Waals surface area contributed by atoms with Crippen molar-refractivity contribution in [3.63, 3.8) is 0 Å². The normalized spacial score (nSPS) is 10.6. The second-order valence-corrected chi connectivity index (χ2v) is 6.79. The minimum atomic E-state index is -0.324. The summed E-state index contributed by atoms with van der Waals surface area (Å²) >= 11 is 6.09. The summed E-state index contributed by atoms with van der Waals surface area (Å²) in [4.78, 5) is 24.3. The molecule has 0 aliphatic rings. The third-order valence-electron chi connectivity index (χ3n) is 4.40. The molecule has 0 spiro atoms. The van der Waals surface area contributed by atoms with Gasteiger partial charge in [-0.1, -0.05) is 41.9 Å². The zero-order chi connectivity index (χ0) is 19.4. The molecule has 3 rings (SSSR count). The van der Waals surface area contributed by atoms with Crippen LogP contribution < -0.4 is 10.9 Å². The Morgan fingerprint density at radius 3 is 2.59 bits per heavy atom. The van der Waals surface area contributed by atoms with E-state index in [2.05, 4.69) is 10.4 Å². The van der Waals surface area contributed by atoms with Crippen LogP contribution in [-0.2, 0) is 17.9 Å². The number of nitrogens with zero attached hydrogens (tertiary/aromatic N) is 2. The maximum Gasteiger partial charge on any atom is 0.267 e. The van der Waals surface area contributed by atoms with Crippen molar-refractivity contribution in [1.82, 2.24) is 15.1 Å². The molecule has 5 nitrogen and oxygen atoms in total. The molecule has 0 radical (unpaired) electrons. The van der Waals surface area contributed by atoms with Gasteiger partial charge in [-0.25, -0.2) is 4.68 Å². The molecule has 0 aliphatic heterocycles. The first-order valence-corrected chi connectivity index (χ1v) is 8.98. The number of carbonyl (C=O) groups excluding carboxylic acids is 1. The number of amides is 1. The Hall–Kier alpha value is -2.92. The molecule has 138 valence electrons. The van der Waals surface area contributed by atoms with Crippen LogP contribution in [0.25, 0.3) is 11.3 Å². The molecule has 1 N–H and O–H groups in total. The van der Waals surface area contributed by atoms with E-state index < -0.39 is 0 Å². The number of hydrogen-bond donors (Lipinski definition) is 1. The predicted molar refractivity (Wildman–Crippen MR) is 107 cm³/mol. The van der Waals surface area contributed by atoms with Crippen molar-refractivity contribution in [3.05, 3.63) is 86.7 Å². The van der Waals surface area contributed by atoms with Crippen molar-refractivity contribution in [2.45, 2.75) is 26.9 Å². The minimum absolute atomic E-state index is 0.151. The van der Waals surface area contributed by atoms with Crippen LogP contribution in [0.15, 0.2) is 59.4 Å². The summed E-state index contributed by atoms with van der Waals surface area (Å²) in [6, 6.07) is 16.4. The Bertz CT molecular complexity index is 1040. The maximum atomic E-state index is 12.2. The topological polar surface area (TPSA) is 64.0 Å². The van der Waals surface area contributed by atoms with Crippen molar-refractivity contribution in [2.24, 2.45) is 0 Å². The Morgan fingerprint density at radius 1 is 1.07 bits per heavy atom. The van der Waals surface area contributed by atoms with Crippen LogP contribution in [0.2, 0.25) is 5.02 Å². The van der Waals surface area contributed by atoms with E-state index in [0.29, 0.717) is 17.3 Å². The molecule has 1 heterocycles. The lowest BCUT2D eigenvalue weighted by Crippen LogP contribution is -2.33. The van der Waals surface area contributed by atoms with Crippen LogP contribution >= 0.6 is 11.6 Å². The van der Waals surface area contributed by atoms with E-state index in [1.807, 2.05) is 50.2 Å². The van der Waals surface area contributed by atoms with Gasteiger partial charge >= 0.3 is 0 Å². The Labute approximate surface area is 162 Å². The molecular weight excluding hydrogens is 362 g/mol. The maximum absolute atomic E-state index is 12.2. The van der Waals surface area contributed by atoms with E-state index in [1.54, 1.807) is 12.1 Å². The number of rotatable bonds is 5. The smallest absolute Gasteiger partial charge is 0.267 e. The molecule has 0 aliphatic carbocycles. The molecule has 6 heteroatoms. The summed E-state index contributed by atoms with van der Waals surface area (Å²) in [5, 5.41) is 7.70. The molecule has 1 aromatic heterocycles. The van der Waals surface area contributed by atoms with Gasteiger partial charge in [-0.15, -0.1) is 0 Å². The van der Waals surface area contributed by atoms with Gasteiger partial charge in [0.2, 0.25) is 5.91 Å². The van der Waals surface area contributed by atoms with Crippen LogP contribution in [-0.4, -0.2) is 15.7 Å². The molecule has 27 heavy (non-hydrogen) atoms. The fraction of sp³-hybridized carbons (Fsp3) is 0.190. The van der Waals surface area contributed by atoms with E-state index in [1.165, 1.54) is 16.3 Å². The molecular formula is C21H20ClN3O2. The van der Waals surface area contributed by atoms with Crippen LogP contribution in [0.5, 0.6) is 0 Å². The first-order valence-electron chi connectivity index (χ1n) is 8.60. The van der Waals surface area contributed by atoms with Gasteiger partial charge in [-0.05, 0) is 48.7 Å². The zero-order valence-electron chi connectivity index (χ0n) is 15.2. The highest BCUT2D eigenvalue weighted by molar-refractivity contribution is 6.31. The molecule has 0 saturated heterocycles. The highest BCUT2D eigenvalue weighted by atomic mass is 35.5. The largest absolute Gasteiger partial charge is 0.350 e. The second-order valence-electron chi connectivity index (χ2n) is 6.38. The number of aromatic nitrogens is 2. The SMILES string of the molecule is Cc1ccc(-c2ccc(=O)n(CC(=O)NCc3ccccc3Cl)n2)cc1C. The first-order chi connectivity index (χ1) is 12.9. The summed E-state index contributed by atoms with van der Waals surface area (Å²) in [6.45, 7) is 4.21. The lowest BCUT2D eigenvalue weighted by atomic mass is 10.0. The molecule has 0 fully saturated rings. The van der Waals surface area contributed by atoms with Gasteiger partial charge in [0.25, 0.3) is 5.56 Å². The van der Waals surface area contributed by atoms with Gasteiger partial charge in [-0.3, -0.25) is 9.59 Å². The average Bonchev–Trinajstić information content (AvgIpc) is 2.65. The highest BCUT2D eigenvalue weighted by Gasteiger charge is 2.09. The van der Waals surface area contributed by atoms with Gasteiger partial charge in [0.05, 0.1) is 5.69 Å².